The topological polar surface area (TPSA) is 66.4 Å². The molecule has 1 atom stereocenters. The van der Waals surface area contributed by atoms with E-state index < -0.39 is 0 Å². The van der Waals surface area contributed by atoms with Crippen LogP contribution >= 0.6 is 0 Å². The Morgan fingerprint density at radius 1 is 1.16 bits per heavy atom. The van der Waals surface area contributed by atoms with E-state index in [1.54, 1.807) is 0 Å². The highest BCUT2D eigenvalue weighted by atomic mass is 16.5. The Morgan fingerprint density at radius 3 is 2.89 bits per heavy atom. The molecule has 38 heavy (non-hydrogen) atoms. The summed E-state index contributed by atoms with van der Waals surface area (Å²) in [5, 5.41) is 0. The third-order valence-corrected chi connectivity index (χ3v) is 8.30. The van der Waals surface area contributed by atoms with Crippen LogP contribution in [0.3, 0.4) is 0 Å². The molecule has 4 aliphatic rings. The van der Waals surface area contributed by atoms with Crippen molar-refractivity contribution in [3.63, 3.8) is 0 Å². The van der Waals surface area contributed by atoms with Crippen LogP contribution in [0.2, 0.25) is 0 Å². The average molecular weight is 506 g/mol. The van der Waals surface area contributed by atoms with Crippen LogP contribution in [0.5, 0.6) is 5.75 Å². The average Bonchev–Trinajstić information content (AvgIpc) is 3.72. The van der Waals surface area contributed by atoms with Gasteiger partial charge < -0.3 is 14.6 Å². The molecule has 0 saturated heterocycles. The third-order valence-electron chi connectivity index (χ3n) is 8.30. The molecule has 1 N–H and O–H groups in total. The van der Waals surface area contributed by atoms with Crippen molar-refractivity contribution in [2.24, 2.45) is 16.3 Å². The summed E-state index contributed by atoms with van der Waals surface area (Å²) in [5.74, 6) is 2.98. The fourth-order valence-electron chi connectivity index (χ4n) is 6.06. The first kappa shape index (κ1) is 23.4. The maximum atomic E-state index is 6.29. The van der Waals surface area contributed by atoms with Gasteiger partial charge in [0.15, 0.2) is 5.65 Å². The van der Waals surface area contributed by atoms with E-state index >= 15 is 0 Å². The van der Waals surface area contributed by atoms with Crippen molar-refractivity contribution in [3.05, 3.63) is 77.5 Å². The summed E-state index contributed by atoms with van der Waals surface area (Å²) in [4.78, 5) is 20.3. The molecular weight excluding hydrogens is 470 g/mol. The smallest absolute Gasteiger partial charge is 0.177 e. The van der Waals surface area contributed by atoms with Gasteiger partial charge in [0.25, 0.3) is 0 Å². The molecule has 1 saturated carbocycles. The fourth-order valence-corrected chi connectivity index (χ4v) is 6.06. The number of rotatable bonds is 4. The fraction of sp³-hybridized carbons (Fsp3) is 0.406. The lowest BCUT2D eigenvalue weighted by atomic mass is 9.77. The van der Waals surface area contributed by atoms with Crippen LogP contribution in [-0.2, 0) is 6.54 Å². The summed E-state index contributed by atoms with van der Waals surface area (Å²) < 4.78 is 6.29. The van der Waals surface area contributed by atoms with Gasteiger partial charge in [-0.05, 0) is 66.5 Å². The van der Waals surface area contributed by atoms with Gasteiger partial charge in [-0.3, -0.25) is 4.99 Å². The van der Waals surface area contributed by atoms with Crippen molar-refractivity contribution >= 4 is 16.9 Å². The van der Waals surface area contributed by atoms with Crippen LogP contribution in [0.4, 0.5) is 0 Å². The summed E-state index contributed by atoms with van der Waals surface area (Å²) in [6.45, 7) is 9.25. The number of pyridine rings is 1. The van der Waals surface area contributed by atoms with E-state index in [9.17, 15) is 0 Å². The lowest BCUT2D eigenvalue weighted by Crippen LogP contribution is -2.32. The number of aromatic nitrogens is 3. The van der Waals surface area contributed by atoms with E-state index in [0.717, 1.165) is 65.5 Å². The molecule has 6 nitrogen and oxygen atoms in total. The van der Waals surface area contributed by atoms with Crippen LogP contribution in [0, 0.1) is 11.3 Å². The van der Waals surface area contributed by atoms with Crippen LogP contribution in [0.25, 0.3) is 22.3 Å². The van der Waals surface area contributed by atoms with Gasteiger partial charge in [-0.15, -0.1) is 0 Å². The zero-order chi connectivity index (χ0) is 25.9. The Kier molecular flexibility index (Phi) is 5.53. The summed E-state index contributed by atoms with van der Waals surface area (Å²) in [5.41, 5.74) is 9.30. The van der Waals surface area contributed by atoms with E-state index in [1.165, 1.54) is 29.7 Å². The van der Waals surface area contributed by atoms with Gasteiger partial charge in [0, 0.05) is 47.6 Å². The molecule has 194 valence electrons. The van der Waals surface area contributed by atoms with Crippen molar-refractivity contribution in [2.45, 2.75) is 58.9 Å². The maximum absolute atomic E-state index is 6.29. The van der Waals surface area contributed by atoms with Gasteiger partial charge in [0.2, 0.25) is 0 Å². The summed E-state index contributed by atoms with van der Waals surface area (Å²) in [6.07, 6.45) is 15.2. The first-order valence-corrected chi connectivity index (χ1v) is 14.0. The summed E-state index contributed by atoms with van der Waals surface area (Å²) >= 11 is 0. The van der Waals surface area contributed by atoms with E-state index in [4.69, 9.17) is 14.7 Å². The number of aliphatic imine (C=N–C) groups is 1. The second-order valence-corrected chi connectivity index (χ2v) is 11.8. The molecule has 2 aromatic heterocycles. The Morgan fingerprint density at radius 2 is 2.05 bits per heavy atom. The number of fused-ring (bicyclic) bond motifs is 3. The van der Waals surface area contributed by atoms with Crippen LogP contribution < -0.4 is 4.74 Å². The van der Waals surface area contributed by atoms with Crippen molar-refractivity contribution in [3.8, 4) is 16.9 Å². The van der Waals surface area contributed by atoms with E-state index in [-0.39, 0.29) is 5.41 Å². The predicted octanol–water partition coefficient (Wildman–Crippen LogP) is 6.93. The molecule has 2 aliphatic carbocycles. The van der Waals surface area contributed by atoms with Crippen LogP contribution in [0.15, 0.2) is 71.2 Å². The number of nitrogens with one attached hydrogen (secondary N) is 1. The SMILES string of the molecule is CCC1C=CN=C2C=CC(C)(C)CC2=C1N1CCOc2ccc(-c3cnc4nc(C5CC5)[nH]c4c3)cc2C1. The minimum absolute atomic E-state index is 0.118. The van der Waals surface area contributed by atoms with Crippen molar-refractivity contribution in [1.29, 1.82) is 0 Å². The van der Waals surface area contributed by atoms with Gasteiger partial charge in [0.1, 0.15) is 18.2 Å². The minimum atomic E-state index is 0.118. The van der Waals surface area contributed by atoms with Gasteiger partial charge >= 0.3 is 0 Å². The van der Waals surface area contributed by atoms with Gasteiger partial charge in [0.05, 0.1) is 17.8 Å². The molecule has 6 heteroatoms. The van der Waals surface area contributed by atoms with Gasteiger partial charge in [-0.25, -0.2) is 9.97 Å². The number of hydrogen-bond acceptors (Lipinski definition) is 5. The Hall–Kier alpha value is -3.67. The van der Waals surface area contributed by atoms with Crippen molar-refractivity contribution < 1.29 is 4.74 Å². The number of hydrogen-bond donors (Lipinski definition) is 1. The van der Waals surface area contributed by atoms with Crippen LogP contribution in [0.1, 0.15) is 63.8 Å². The molecule has 1 unspecified atom stereocenters. The molecule has 7 rings (SSSR count). The van der Waals surface area contributed by atoms with E-state index in [2.05, 4.69) is 78.1 Å². The molecule has 0 radical (unpaired) electrons. The highest BCUT2D eigenvalue weighted by molar-refractivity contribution is 6.10. The molecular formula is C32H35N5O. The van der Waals surface area contributed by atoms with Crippen LogP contribution in [-0.4, -0.2) is 38.7 Å². The number of ether oxygens (including phenoxy) is 1. The number of benzene rings is 1. The first-order chi connectivity index (χ1) is 18.5. The quantitative estimate of drug-likeness (QED) is 0.417. The van der Waals surface area contributed by atoms with Crippen molar-refractivity contribution in [2.75, 3.05) is 13.2 Å². The molecule has 4 heterocycles. The molecule has 2 aliphatic heterocycles. The zero-order valence-electron chi connectivity index (χ0n) is 22.5. The number of allylic oxidation sites excluding steroid dienone is 4. The lowest BCUT2D eigenvalue weighted by Gasteiger charge is -2.35. The molecule has 1 fully saturated rings. The highest BCUT2D eigenvalue weighted by Gasteiger charge is 2.32. The Bertz CT molecular complexity index is 1530. The molecule has 3 aromatic rings. The second-order valence-electron chi connectivity index (χ2n) is 11.8. The summed E-state index contributed by atoms with van der Waals surface area (Å²) in [6, 6.07) is 8.75. The monoisotopic (exact) mass is 505 g/mol. The second kappa shape index (κ2) is 8.97. The van der Waals surface area contributed by atoms with Gasteiger partial charge in [-0.2, -0.15) is 0 Å². The predicted molar refractivity (Wildman–Crippen MR) is 152 cm³/mol. The molecule has 0 amide bonds. The first-order valence-electron chi connectivity index (χ1n) is 14.0. The number of nitrogens with zero attached hydrogens (tertiary/aromatic N) is 4. The largest absolute Gasteiger partial charge is 0.491 e. The number of aromatic amines is 1. The molecule has 1 aromatic carbocycles. The lowest BCUT2D eigenvalue weighted by molar-refractivity contribution is 0.248. The zero-order valence-corrected chi connectivity index (χ0v) is 22.5. The van der Waals surface area contributed by atoms with E-state index in [1.807, 2.05) is 12.4 Å². The number of H-pyrrole nitrogens is 1. The van der Waals surface area contributed by atoms with Crippen molar-refractivity contribution in [1.82, 2.24) is 19.9 Å². The third kappa shape index (κ3) is 4.26. The van der Waals surface area contributed by atoms with E-state index in [0.29, 0.717) is 18.4 Å². The highest BCUT2D eigenvalue weighted by Crippen LogP contribution is 2.41. The normalized spacial score (nSPS) is 22.4. The Balaban J connectivity index is 1.26. The van der Waals surface area contributed by atoms with Gasteiger partial charge in [-0.1, -0.05) is 39.0 Å². The molecule has 0 spiro atoms. The molecule has 0 bridgehead atoms. The number of imidazole rings is 1. The minimum Gasteiger partial charge on any atom is -0.491 e. The summed E-state index contributed by atoms with van der Waals surface area (Å²) in [7, 11) is 0. The Labute approximate surface area is 224 Å². The maximum Gasteiger partial charge on any atom is 0.177 e. The standard InChI is InChI=1S/C32H35N5O/c1-4-20-10-12-33-26-9-11-32(2,3)17-25(26)29(20)37-13-14-38-28-8-7-22(15-24(28)19-37)23-16-27-31(34-18-23)36-30(35-27)21-5-6-21/h7-12,15-16,18,20-21H,4-6,13-14,17,19H2,1-3H3,(H,34,35,36).